The van der Waals surface area contributed by atoms with E-state index >= 15 is 0 Å². The molecule has 1 aromatic carbocycles. The third-order valence-corrected chi connectivity index (χ3v) is 1.49. The fourth-order valence-electron chi connectivity index (χ4n) is 0.629. The summed E-state index contributed by atoms with van der Waals surface area (Å²) in [5.74, 6) is -1.15. The average molecular weight is 189 g/mol. The summed E-state index contributed by atoms with van der Waals surface area (Å²) in [4.78, 5) is 0. The molecule has 1 radical (unpaired) electrons. The van der Waals surface area contributed by atoms with E-state index < -0.39 is 15.9 Å². The number of benzene rings is 1. The van der Waals surface area contributed by atoms with E-state index in [0.717, 1.165) is 6.26 Å². The molecule has 0 aliphatic carbocycles. The monoisotopic (exact) mass is 189 g/mol. The largest absolute Gasteiger partial charge is 0.379 e. The maximum Gasteiger partial charge on any atom is 0.306 e. The van der Waals surface area contributed by atoms with E-state index in [1.54, 1.807) is 0 Å². The summed E-state index contributed by atoms with van der Waals surface area (Å²) in [5, 5.41) is 0. The van der Waals surface area contributed by atoms with Crippen LogP contribution in [0.5, 0.6) is 5.75 Å². The lowest BCUT2D eigenvalue weighted by molar-refractivity contribution is 0.466. The Morgan fingerprint density at radius 2 is 2.25 bits per heavy atom. The van der Waals surface area contributed by atoms with Gasteiger partial charge in [-0.2, -0.15) is 8.42 Å². The molecule has 1 aromatic rings. The maximum absolute atomic E-state index is 12.7. The van der Waals surface area contributed by atoms with Crippen molar-refractivity contribution < 1.29 is 17.0 Å². The van der Waals surface area contributed by atoms with Crippen LogP contribution in [0.4, 0.5) is 4.39 Å². The first-order valence-electron chi connectivity index (χ1n) is 3.05. The van der Waals surface area contributed by atoms with Gasteiger partial charge in [-0.3, -0.25) is 0 Å². The molecule has 0 heterocycles. The van der Waals surface area contributed by atoms with Gasteiger partial charge in [0, 0.05) is 6.07 Å². The lowest BCUT2D eigenvalue weighted by atomic mass is 10.3. The second kappa shape index (κ2) is 3.10. The second-order valence-corrected chi connectivity index (χ2v) is 3.71. The SMILES string of the molecule is CS(=O)(=O)Oc1ccc[c]c1F. The lowest BCUT2D eigenvalue weighted by Gasteiger charge is -2.01. The van der Waals surface area contributed by atoms with Crippen LogP contribution in [0.25, 0.3) is 0 Å². The van der Waals surface area contributed by atoms with Crippen molar-refractivity contribution >= 4 is 10.1 Å². The van der Waals surface area contributed by atoms with Crippen LogP contribution < -0.4 is 4.18 Å². The smallest absolute Gasteiger partial charge is 0.306 e. The molecule has 12 heavy (non-hydrogen) atoms. The zero-order valence-corrected chi connectivity index (χ0v) is 7.06. The van der Waals surface area contributed by atoms with Gasteiger partial charge in [-0.15, -0.1) is 0 Å². The van der Waals surface area contributed by atoms with Crippen molar-refractivity contribution in [1.29, 1.82) is 0 Å². The van der Waals surface area contributed by atoms with E-state index in [4.69, 9.17) is 0 Å². The second-order valence-electron chi connectivity index (χ2n) is 2.14. The molecule has 0 saturated heterocycles. The van der Waals surface area contributed by atoms with Gasteiger partial charge in [0.05, 0.1) is 6.26 Å². The van der Waals surface area contributed by atoms with Crippen molar-refractivity contribution in [3.8, 4) is 5.75 Å². The van der Waals surface area contributed by atoms with E-state index in [1.807, 2.05) is 0 Å². The number of hydrogen-bond donors (Lipinski definition) is 0. The molecule has 5 heteroatoms. The van der Waals surface area contributed by atoms with Crippen molar-refractivity contribution in [2.24, 2.45) is 0 Å². The van der Waals surface area contributed by atoms with Gasteiger partial charge in [0.15, 0.2) is 11.6 Å². The summed E-state index contributed by atoms with van der Waals surface area (Å²) >= 11 is 0. The van der Waals surface area contributed by atoms with E-state index in [0.29, 0.717) is 0 Å². The van der Waals surface area contributed by atoms with Crippen molar-refractivity contribution in [1.82, 2.24) is 0 Å². The average Bonchev–Trinajstić information content (AvgIpc) is 1.91. The number of halogens is 1. The number of hydrogen-bond acceptors (Lipinski definition) is 3. The molecule has 65 valence electrons. The highest BCUT2D eigenvalue weighted by Gasteiger charge is 2.08. The van der Waals surface area contributed by atoms with Gasteiger partial charge in [-0.1, -0.05) is 12.1 Å². The van der Waals surface area contributed by atoms with E-state index in [1.165, 1.54) is 18.2 Å². The molecule has 0 aliphatic heterocycles. The summed E-state index contributed by atoms with van der Waals surface area (Å²) in [6, 6.07) is 6.14. The predicted molar refractivity (Wildman–Crippen MR) is 40.7 cm³/mol. The maximum atomic E-state index is 12.7. The third kappa shape index (κ3) is 2.50. The van der Waals surface area contributed by atoms with E-state index in [2.05, 4.69) is 10.2 Å². The molecule has 0 unspecified atom stereocenters. The first kappa shape index (κ1) is 8.99. The molecule has 0 spiro atoms. The molecular weight excluding hydrogens is 183 g/mol. The van der Waals surface area contributed by atoms with Crippen LogP contribution >= 0.6 is 0 Å². The number of rotatable bonds is 2. The molecule has 0 saturated carbocycles. The van der Waals surface area contributed by atoms with Gasteiger partial charge in [0.25, 0.3) is 0 Å². The Balaban J connectivity index is 2.98. The zero-order chi connectivity index (χ0) is 9.19. The Bertz CT molecular complexity index is 372. The van der Waals surface area contributed by atoms with Gasteiger partial charge in [-0.05, 0) is 6.07 Å². The quantitative estimate of drug-likeness (QED) is 0.651. The Morgan fingerprint density at radius 3 is 2.75 bits per heavy atom. The molecule has 0 aliphatic rings. The highest BCUT2D eigenvalue weighted by molar-refractivity contribution is 7.86. The Morgan fingerprint density at radius 1 is 1.58 bits per heavy atom. The Labute approximate surface area is 69.9 Å². The fourth-order valence-corrected chi connectivity index (χ4v) is 1.08. The Hall–Kier alpha value is -1.10. The van der Waals surface area contributed by atoms with Gasteiger partial charge in [0.1, 0.15) is 0 Å². The van der Waals surface area contributed by atoms with Gasteiger partial charge in [0.2, 0.25) is 0 Å². The summed E-state index contributed by atoms with van der Waals surface area (Å²) in [7, 11) is -3.66. The van der Waals surface area contributed by atoms with Gasteiger partial charge < -0.3 is 4.18 Å². The minimum Gasteiger partial charge on any atom is -0.379 e. The molecule has 0 amide bonds. The highest BCUT2D eigenvalue weighted by atomic mass is 32.2. The first-order valence-corrected chi connectivity index (χ1v) is 4.86. The standard InChI is InChI=1S/C7H6FO3S/c1-12(9,10)11-7-5-3-2-4-6(7)8/h2-3,5H,1H3. The van der Waals surface area contributed by atoms with Crippen LogP contribution in [0, 0.1) is 11.9 Å². The Kier molecular flexibility index (Phi) is 2.32. The summed E-state index contributed by atoms with van der Waals surface area (Å²) in [6.07, 6.45) is 0.847. The zero-order valence-electron chi connectivity index (χ0n) is 6.24. The topological polar surface area (TPSA) is 43.4 Å². The van der Waals surface area contributed by atoms with Gasteiger partial charge in [-0.25, -0.2) is 4.39 Å². The molecule has 0 bridgehead atoms. The van der Waals surface area contributed by atoms with Gasteiger partial charge >= 0.3 is 10.1 Å². The van der Waals surface area contributed by atoms with Crippen LogP contribution in [0.2, 0.25) is 0 Å². The van der Waals surface area contributed by atoms with Crippen molar-refractivity contribution in [3.63, 3.8) is 0 Å². The van der Waals surface area contributed by atoms with E-state index in [-0.39, 0.29) is 5.75 Å². The van der Waals surface area contributed by atoms with Crippen molar-refractivity contribution in [3.05, 3.63) is 30.1 Å². The predicted octanol–water partition coefficient (Wildman–Crippen LogP) is 0.964. The third-order valence-electron chi connectivity index (χ3n) is 1.01. The molecular formula is C7H6FO3S. The minimum atomic E-state index is -3.66. The van der Waals surface area contributed by atoms with Crippen LogP contribution in [-0.2, 0) is 10.1 Å². The molecule has 0 N–H and O–H groups in total. The van der Waals surface area contributed by atoms with Crippen LogP contribution in [0.15, 0.2) is 18.2 Å². The van der Waals surface area contributed by atoms with E-state index in [9.17, 15) is 12.8 Å². The minimum absolute atomic E-state index is 0.333. The molecule has 0 atom stereocenters. The summed E-state index contributed by atoms with van der Waals surface area (Å²) in [6.45, 7) is 0. The molecule has 0 fully saturated rings. The highest BCUT2D eigenvalue weighted by Crippen LogP contribution is 2.16. The fraction of sp³-hybridized carbons (Fsp3) is 0.143. The van der Waals surface area contributed by atoms with Crippen molar-refractivity contribution in [2.45, 2.75) is 0 Å². The van der Waals surface area contributed by atoms with Crippen LogP contribution in [-0.4, -0.2) is 14.7 Å². The van der Waals surface area contributed by atoms with Crippen LogP contribution in [0.1, 0.15) is 0 Å². The van der Waals surface area contributed by atoms with Crippen LogP contribution in [0.3, 0.4) is 0 Å². The molecule has 1 rings (SSSR count). The normalized spacial score (nSPS) is 11.2. The lowest BCUT2D eigenvalue weighted by Crippen LogP contribution is -2.06. The van der Waals surface area contributed by atoms with Crippen molar-refractivity contribution in [2.75, 3.05) is 6.26 Å². The summed E-state index contributed by atoms with van der Waals surface area (Å²) in [5.41, 5.74) is 0. The molecule has 3 nitrogen and oxygen atoms in total. The first-order chi connectivity index (χ1) is 5.49. The summed E-state index contributed by atoms with van der Waals surface area (Å²) < 4.78 is 38.1. The molecule has 0 aromatic heterocycles.